The Morgan fingerprint density at radius 2 is 2.00 bits per heavy atom. The van der Waals surface area contributed by atoms with Gasteiger partial charge in [0, 0.05) is 31.6 Å². The first-order chi connectivity index (χ1) is 10.3. The van der Waals surface area contributed by atoms with Gasteiger partial charge in [-0.05, 0) is 26.3 Å². The van der Waals surface area contributed by atoms with Gasteiger partial charge in [0.1, 0.15) is 0 Å². The third kappa shape index (κ3) is 4.07. The normalized spacial score (nSPS) is 18.6. The summed E-state index contributed by atoms with van der Waals surface area (Å²) in [6.07, 6.45) is 0.276. The van der Waals surface area contributed by atoms with Crippen LogP contribution in [0.5, 0.6) is 0 Å². The van der Waals surface area contributed by atoms with Crippen LogP contribution < -0.4 is 11.1 Å². The molecule has 0 bridgehead atoms. The first-order valence-electron chi connectivity index (χ1n) is 7.66. The molecule has 1 fully saturated rings. The maximum absolute atomic E-state index is 12.3. The molecular weight excluding hydrogens is 278 g/mol. The molecule has 1 aliphatic heterocycles. The molecule has 2 rings (SSSR count). The number of carbonyl (C=O) groups excluding carboxylic acids is 2. The Morgan fingerprint density at radius 1 is 1.36 bits per heavy atom. The topological polar surface area (TPSA) is 75.4 Å². The van der Waals surface area contributed by atoms with Gasteiger partial charge in [0.2, 0.25) is 11.8 Å². The smallest absolute Gasteiger partial charge is 0.225 e. The van der Waals surface area contributed by atoms with Gasteiger partial charge in [0.25, 0.3) is 0 Å². The minimum absolute atomic E-state index is 0.0336. The monoisotopic (exact) mass is 303 g/mol. The summed E-state index contributed by atoms with van der Waals surface area (Å²) in [6.45, 7) is 7.19. The third-order valence-electron chi connectivity index (χ3n) is 4.05. The van der Waals surface area contributed by atoms with Crippen molar-refractivity contribution in [1.82, 2.24) is 10.2 Å². The van der Waals surface area contributed by atoms with Gasteiger partial charge in [-0.25, -0.2) is 0 Å². The van der Waals surface area contributed by atoms with Gasteiger partial charge in [-0.3, -0.25) is 9.59 Å². The highest BCUT2D eigenvalue weighted by atomic mass is 16.2. The predicted molar refractivity (Wildman–Crippen MR) is 86.0 cm³/mol. The molecule has 3 N–H and O–H groups in total. The van der Waals surface area contributed by atoms with Gasteiger partial charge in [-0.1, -0.05) is 29.8 Å². The fourth-order valence-corrected chi connectivity index (χ4v) is 2.50. The van der Waals surface area contributed by atoms with Crippen LogP contribution in [0.25, 0.3) is 0 Å². The number of hydrogen-bond acceptors (Lipinski definition) is 3. The number of nitrogens with two attached hydrogens (primary N) is 1. The summed E-state index contributed by atoms with van der Waals surface area (Å²) < 4.78 is 0. The van der Waals surface area contributed by atoms with Crippen molar-refractivity contribution in [3.05, 3.63) is 35.4 Å². The Balaban J connectivity index is 1.95. The second-order valence-corrected chi connectivity index (χ2v) is 6.74. The average molecular weight is 303 g/mol. The molecular formula is C17H25N3O2. The van der Waals surface area contributed by atoms with E-state index in [9.17, 15) is 9.59 Å². The zero-order valence-electron chi connectivity index (χ0n) is 13.6. The van der Waals surface area contributed by atoms with E-state index in [1.165, 1.54) is 5.56 Å². The van der Waals surface area contributed by atoms with E-state index in [2.05, 4.69) is 5.32 Å². The van der Waals surface area contributed by atoms with Crippen molar-refractivity contribution in [3.63, 3.8) is 0 Å². The SMILES string of the molecule is Cc1ccc(CN2CC(C(=O)NC(C)(C)CN)CC2=O)cc1. The fraction of sp³-hybridized carbons (Fsp3) is 0.529. The molecule has 0 aliphatic carbocycles. The van der Waals surface area contributed by atoms with Crippen LogP contribution in [-0.4, -0.2) is 35.3 Å². The van der Waals surface area contributed by atoms with Gasteiger partial charge in [0.05, 0.1) is 5.92 Å². The van der Waals surface area contributed by atoms with Crippen LogP contribution in [0, 0.1) is 12.8 Å². The lowest BCUT2D eigenvalue weighted by molar-refractivity contribution is -0.129. The first-order valence-corrected chi connectivity index (χ1v) is 7.66. The maximum atomic E-state index is 12.3. The van der Waals surface area contributed by atoms with Crippen LogP contribution in [-0.2, 0) is 16.1 Å². The number of nitrogens with one attached hydrogen (secondary N) is 1. The molecule has 1 unspecified atom stereocenters. The van der Waals surface area contributed by atoms with Crippen molar-refractivity contribution >= 4 is 11.8 Å². The Labute approximate surface area is 131 Å². The lowest BCUT2D eigenvalue weighted by Crippen LogP contribution is -2.51. The van der Waals surface area contributed by atoms with Crippen LogP contribution in [0.15, 0.2) is 24.3 Å². The molecule has 0 radical (unpaired) electrons. The number of amides is 2. The first kappa shape index (κ1) is 16.5. The van der Waals surface area contributed by atoms with Gasteiger partial charge in [-0.2, -0.15) is 0 Å². The molecule has 1 aromatic carbocycles. The number of nitrogens with zero attached hydrogens (tertiary/aromatic N) is 1. The van der Waals surface area contributed by atoms with Crippen LogP contribution in [0.2, 0.25) is 0 Å². The van der Waals surface area contributed by atoms with Crippen LogP contribution in [0.1, 0.15) is 31.4 Å². The zero-order valence-corrected chi connectivity index (χ0v) is 13.6. The molecule has 2 amide bonds. The molecule has 1 aliphatic rings. The molecule has 5 heteroatoms. The second kappa shape index (κ2) is 6.48. The van der Waals surface area contributed by atoms with E-state index in [4.69, 9.17) is 5.73 Å². The predicted octanol–water partition coefficient (Wildman–Crippen LogP) is 1.20. The molecule has 1 aromatic rings. The van der Waals surface area contributed by atoms with Gasteiger partial charge < -0.3 is 16.0 Å². The highest BCUT2D eigenvalue weighted by Crippen LogP contribution is 2.21. The van der Waals surface area contributed by atoms with Gasteiger partial charge in [-0.15, -0.1) is 0 Å². The molecule has 1 atom stereocenters. The standard InChI is InChI=1S/C17H25N3O2/c1-12-4-6-13(7-5-12)9-20-10-14(8-15(20)21)16(22)19-17(2,3)11-18/h4-7,14H,8-11,18H2,1-3H3,(H,19,22). The van der Waals surface area contributed by atoms with Crippen molar-refractivity contribution in [2.45, 2.75) is 39.3 Å². The summed E-state index contributed by atoms with van der Waals surface area (Å²) in [6, 6.07) is 8.11. The lowest BCUT2D eigenvalue weighted by atomic mass is 10.0. The summed E-state index contributed by atoms with van der Waals surface area (Å²) in [5, 5.41) is 2.92. The van der Waals surface area contributed by atoms with Crippen LogP contribution in [0.4, 0.5) is 0 Å². The molecule has 0 spiro atoms. The van der Waals surface area contributed by atoms with E-state index in [0.717, 1.165) is 5.56 Å². The third-order valence-corrected chi connectivity index (χ3v) is 4.05. The summed E-state index contributed by atoms with van der Waals surface area (Å²) in [4.78, 5) is 26.1. The van der Waals surface area contributed by atoms with Crippen molar-refractivity contribution in [2.24, 2.45) is 11.7 Å². The van der Waals surface area contributed by atoms with Crippen molar-refractivity contribution in [1.29, 1.82) is 0 Å². The van der Waals surface area contributed by atoms with Crippen LogP contribution >= 0.6 is 0 Å². The van der Waals surface area contributed by atoms with E-state index >= 15 is 0 Å². The summed E-state index contributed by atoms with van der Waals surface area (Å²) in [5.41, 5.74) is 7.47. The largest absolute Gasteiger partial charge is 0.350 e. The Hall–Kier alpha value is -1.88. The van der Waals surface area contributed by atoms with Crippen LogP contribution in [0.3, 0.4) is 0 Å². The maximum Gasteiger partial charge on any atom is 0.225 e. The minimum atomic E-state index is -0.440. The van der Waals surface area contributed by atoms with Crippen molar-refractivity contribution < 1.29 is 9.59 Å². The summed E-state index contributed by atoms with van der Waals surface area (Å²) in [7, 11) is 0. The molecule has 120 valence electrons. The number of benzene rings is 1. The summed E-state index contributed by atoms with van der Waals surface area (Å²) >= 11 is 0. The second-order valence-electron chi connectivity index (χ2n) is 6.74. The van der Waals surface area contributed by atoms with E-state index in [1.807, 2.05) is 45.0 Å². The quantitative estimate of drug-likeness (QED) is 0.858. The molecule has 0 saturated carbocycles. The number of rotatable bonds is 5. The van der Waals surface area contributed by atoms with E-state index < -0.39 is 5.54 Å². The van der Waals surface area contributed by atoms with E-state index in [0.29, 0.717) is 19.6 Å². The molecule has 22 heavy (non-hydrogen) atoms. The number of likely N-dealkylation sites (tertiary alicyclic amines) is 1. The van der Waals surface area contributed by atoms with E-state index in [1.54, 1.807) is 4.90 Å². The average Bonchev–Trinajstić information content (AvgIpc) is 2.82. The number of aryl methyl sites for hydroxylation is 1. The molecule has 5 nitrogen and oxygen atoms in total. The molecule has 1 heterocycles. The molecule has 0 aromatic heterocycles. The van der Waals surface area contributed by atoms with E-state index in [-0.39, 0.29) is 24.2 Å². The number of carbonyl (C=O) groups is 2. The van der Waals surface area contributed by atoms with Gasteiger partial charge >= 0.3 is 0 Å². The highest BCUT2D eigenvalue weighted by molar-refractivity contribution is 5.89. The summed E-state index contributed by atoms with van der Waals surface area (Å²) in [5.74, 6) is -0.342. The fourth-order valence-electron chi connectivity index (χ4n) is 2.50. The van der Waals surface area contributed by atoms with Crippen molar-refractivity contribution in [2.75, 3.05) is 13.1 Å². The minimum Gasteiger partial charge on any atom is -0.350 e. The van der Waals surface area contributed by atoms with Gasteiger partial charge in [0.15, 0.2) is 0 Å². The molecule has 1 saturated heterocycles. The lowest BCUT2D eigenvalue weighted by Gasteiger charge is -2.26. The highest BCUT2D eigenvalue weighted by Gasteiger charge is 2.35. The van der Waals surface area contributed by atoms with Crippen molar-refractivity contribution in [3.8, 4) is 0 Å². The zero-order chi connectivity index (χ0) is 16.3. The number of hydrogen-bond donors (Lipinski definition) is 2. The Bertz CT molecular complexity index is 552. The Kier molecular flexibility index (Phi) is 4.86. The Morgan fingerprint density at radius 3 is 2.59 bits per heavy atom.